The average Bonchev–Trinajstić information content (AvgIpc) is 2.94. The molecule has 2 aliphatic rings. The maximum absolute atomic E-state index is 12.6. The van der Waals surface area contributed by atoms with Gasteiger partial charge in [0, 0.05) is 31.5 Å². The first-order chi connectivity index (χ1) is 12.5. The zero-order valence-corrected chi connectivity index (χ0v) is 14.6. The number of carbonyl (C=O) groups excluding carboxylic acids is 3. The number of nitrogens with zero attached hydrogens (tertiary/aromatic N) is 2. The summed E-state index contributed by atoms with van der Waals surface area (Å²) in [6.07, 6.45) is 0.591. The molecule has 0 N–H and O–H groups in total. The van der Waals surface area contributed by atoms with E-state index >= 15 is 0 Å². The molecule has 2 aromatic carbocycles. The van der Waals surface area contributed by atoms with E-state index in [4.69, 9.17) is 0 Å². The Labute approximate surface area is 152 Å². The number of aryl methyl sites for hydroxylation is 1. The van der Waals surface area contributed by atoms with Crippen LogP contribution in [0.25, 0.3) is 11.1 Å². The van der Waals surface area contributed by atoms with Gasteiger partial charge in [-0.1, -0.05) is 42.0 Å². The van der Waals surface area contributed by atoms with Gasteiger partial charge in [0.25, 0.3) is 5.91 Å². The van der Waals surface area contributed by atoms with Crippen LogP contribution in [0.5, 0.6) is 0 Å². The zero-order valence-electron chi connectivity index (χ0n) is 14.6. The van der Waals surface area contributed by atoms with Gasteiger partial charge in [0.15, 0.2) is 0 Å². The van der Waals surface area contributed by atoms with E-state index in [1.807, 2.05) is 24.3 Å². The van der Waals surface area contributed by atoms with Crippen molar-refractivity contribution < 1.29 is 14.4 Å². The van der Waals surface area contributed by atoms with Gasteiger partial charge in [0.05, 0.1) is 6.04 Å². The number of imide groups is 1. The minimum Gasteiger partial charge on any atom is -0.334 e. The maximum Gasteiger partial charge on any atom is 0.253 e. The summed E-state index contributed by atoms with van der Waals surface area (Å²) < 4.78 is 0. The SMILES string of the molecule is Cc1ccc(-c2ccc(C(=O)N3CC(N4C(=O)CCC4=O)C3)cc2)cc1. The molecule has 5 heteroatoms. The zero-order chi connectivity index (χ0) is 18.3. The van der Waals surface area contributed by atoms with Crippen LogP contribution in [0, 0.1) is 6.92 Å². The third-order valence-electron chi connectivity index (χ3n) is 5.12. The molecule has 2 aliphatic heterocycles. The molecule has 0 aromatic heterocycles. The molecule has 0 saturated carbocycles. The topological polar surface area (TPSA) is 57.7 Å². The molecule has 0 unspecified atom stereocenters. The quantitative estimate of drug-likeness (QED) is 0.801. The fourth-order valence-corrected chi connectivity index (χ4v) is 3.52. The van der Waals surface area contributed by atoms with Gasteiger partial charge in [-0.3, -0.25) is 19.3 Å². The van der Waals surface area contributed by atoms with Crippen LogP contribution in [0.3, 0.4) is 0 Å². The van der Waals surface area contributed by atoms with Crippen molar-refractivity contribution in [3.05, 3.63) is 59.7 Å². The van der Waals surface area contributed by atoms with Gasteiger partial charge < -0.3 is 4.90 Å². The fourth-order valence-electron chi connectivity index (χ4n) is 3.52. The highest BCUT2D eigenvalue weighted by Gasteiger charge is 2.42. The van der Waals surface area contributed by atoms with E-state index in [0.29, 0.717) is 31.5 Å². The van der Waals surface area contributed by atoms with Crippen molar-refractivity contribution in [2.24, 2.45) is 0 Å². The van der Waals surface area contributed by atoms with E-state index in [2.05, 4.69) is 31.2 Å². The van der Waals surface area contributed by atoms with Crippen LogP contribution in [0.15, 0.2) is 48.5 Å². The highest BCUT2D eigenvalue weighted by Crippen LogP contribution is 2.25. The lowest BCUT2D eigenvalue weighted by Crippen LogP contribution is -2.62. The van der Waals surface area contributed by atoms with E-state index in [-0.39, 0.29) is 23.8 Å². The Balaban J connectivity index is 1.41. The minimum absolute atomic E-state index is 0.0594. The van der Waals surface area contributed by atoms with Gasteiger partial charge in [0.1, 0.15) is 0 Å². The third-order valence-corrected chi connectivity index (χ3v) is 5.12. The molecule has 2 saturated heterocycles. The predicted molar refractivity (Wildman–Crippen MR) is 97.4 cm³/mol. The normalized spacial score (nSPS) is 17.6. The first-order valence-corrected chi connectivity index (χ1v) is 8.84. The molecule has 3 amide bonds. The van der Waals surface area contributed by atoms with Gasteiger partial charge in [-0.05, 0) is 30.2 Å². The molecule has 0 spiro atoms. The Morgan fingerprint density at radius 2 is 1.35 bits per heavy atom. The summed E-state index contributed by atoms with van der Waals surface area (Å²) in [6, 6.07) is 15.7. The highest BCUT2D eigenvalue weighted by atomic mass is 16.2. The molecular weight excluding hydrogens is 328 g/mol. The summed E-state index contributed by atoms with van der Waals surface area (Å²) in [5.74, 6) is -0.292. The Morgan fingerprint density at radius 1 is 0.846 bits per heavy atom. The van der Waals surface area contributed by atoms with E-state index in [1.165, 1.54) is 10.5 Å². The van der Waals surface area contributed by atoms with Crippen LogP contribution in [0.1, 0.15) is 28.8 Å². The molecule has 2 aromatic rings. The van der Waals surface area contributed by atoms with Crippen LogP contribution in [0.4, 0.5) is 0 Å². The van der Waals surface area contributed by atoms with E-state index in [1.54, 1.807) is 4.90 Å². The number of hydrogen-bond acceptors (Lipinski definition) is 3. The second kappa shape index (κ2) is 6.41. The number of hydrogen-bond donors (Lipinski definition) is 0. The summed E-state index contributed by atoms with van der Waals surface area (Å²) in [4.78, 5) is 39.1. The molecule has 2 heterocycles. The fraction of sp³-hybridized carbons (Fsp3) is 0.286. The third kappa shape index (κ3) is 2.90. The first-order valence-electron chi connectivity index (χ1n) is 8.84. The van der Waals surface area contributed by atoms with Crippen molar-refractivity contribution in [1.82, 2.24) is 9.80 Å². The summed E-state index contributed by atoms with van der Waals surface area (Å²) in [5, 5.41) is 0. The standard InChI is InChI=1S/C21H20N2O3/c1-14-2-4-15(5-3-14)16-6-8-17(9-7-16)21(26)22-12-18(13-22)23-19(24)10-11-20(23)25/h2-9,18H,10-13H2,1H3. The molecular formula is C21H20N2O3. The summed E-state index contributed by atoms with van der Waals surface area (Å²) in [6.45, 7) is 2.90. The molecule has 0 aliphatic carbocycles. The molecule has 0 radical (unpaired) electrons. The van der Waals surface area contributed by atoms with Crippen LogP contribution in [-0.2, 0) is 9.59 Å². The smallest absolute Gasteiger partial charge is 0.253 e. The molecule has 0 atom stereocenters. The number of amides is 3. The van der Waals surface area contributed by atoms with Crippen molar-refractivity contribution in [1.29, 1.82) is 0 Å². The first kappa shape index (κ1) is 16.5. The van der Waals surface area contributed by atoms with Crippen LogP contribution in [0.2, 0.25) is 0 Å². The lowest BCUT2D eigenvalue weighted by atomic mass is 10.0. The molecule has 2 fully saturated rings. The van der Waals surface area contributed by atoms with Gasteiger partial charge >= 0.3 is 0 Å². The Morgan fingerprint density at radius 3 is 1.88 bits per heavy atom. The lowest BCUT2D eigenvalue weighted by Gasteiger charge is -2.43. The second-order valence-electron chi connectivity index (χ2n) is 6.96. The summed E-state index contributed by atoms with van der Waals surface area (Å²) in [7, 11) is 0. The van der Waals surface area contributed by atoms with Gasteiger partial charge in [0.2, 0.25) is 11.8 Å². The van der Waals surface area contributed by atoms with E-state index in [9.17, 15) is 14.4 Å². The molecule has 132 valence electrons. The van der Waals surface area contributed by atoms with Crippen LogP contribution in [-0.4, -0.2) is 46.7 Å². The summed E-state index contributed by atoms with van der Waals surface area (Å²) in [5.41, 5.74) is 4.02. The minimum atomic E-state index is -0.159. The Hall–Kier alpha value is -2.95. The van der Waals surface area contributed by atoms with Gasteiger partial charge in [-0.25, -0.2) is 0 Å². The van der Waals surface area contributed by atoms with Gasteiger partial charge in [-0.2, -0.15) is 0 Å². The van der Waals surface area contributed by atoms with Crippen molar-refractivity contribution in [2.45, 2.75) is 25.8 Å². The second-order valence-corrected chi connectivity index (χ2v) is 6.96. The lowest BCUT2D eigenvalue weighted by molar-refractivity contribution is -0.144. The molecule has 5 nitrogen and oxygen atoms in total. The van der Waals surface area contributed by atoms with Crippen molar-refractivity contribution in [3.8, 4) is 11.1 Å². The van der Waals surface area contributed by atoms with Crippen molar-refractivity contribution in [3.63, 3.8) is 0 Å². The van der Waals surface area contributed by atoms with E-state index in [0.717, 1.165) is 11.1 Å². The molecule has 0 bridgehead atoms. The van der Waals surface area contributed by atoms with Crippen molar-refractivity contribution >= 4 is 17.7 Å². The molecule has 26 heavy (non-hydrogen) atoms. The number of likely N-dealkylation sites (tertiary alicyclic amines) is 2. The van der Waals surface area contributed by atoms with Gasteiger partial charge in [-0.15, -0.1) is 0 Å². The number of benzene rings is 2. The monoisotopic (exact) mass is 348 g/mol. The average molecular weight is 348 g/mol. The number of rotatable bonds is 3. The van der Waals surface area contributed by atoms with Crippen LogP contribution < -0.4 is 0 Å². The molecule has 4 rings (SSSR count). The number of carbonyl (C=O) groups is 3. The largest absolute Gasteiger partial charge is 0.334 e. The van der Waals surface area contributed by atoms with E-state index < -0.39 is 0 Å². The predicted octanol–water partition coefficient (Wildman–Crippen LogP) is 2.64. The Bertz CT molecular complexity index is 849. The summed E-state index contributed by atoms with van der Waals surface area (Å²) >= 11 is 0. The Kier molecular flexibility index (Phi) is 4.07. The maximum atomic E-state index is 12.6. The van der Waals surface area contributed by atoms with Crippen LogP contribution >= 0.6 is 0 Å². The van der Waals surface area contributed by atoms with Crippen molar-refractivity contribution in [2.75, 3.05) is 13.1 Å². The highest BCUT2D eigenvalue weighted by molar-refractivity contribution is 6.03.